The average molecular weight is 279 g/mol. The summed E-state index contributed by atoms with van der Waals surface area (Å²) in [5.74, 6) is 0. The molecule has 102 valence electrons. The molecular formula is C15H19ClN2O. The second-order valence-corrected chi connectivity index (χ2v) is 4.96. The monoisotopic (exact) mass is 278 g/mol. The quantitative estimate of drug-likeness (QED) is 0.912. The predicted molar refractivity (Wildman–Crippen MR) is 77.5 cm³/mol. The molecule has 1 N–H and O–H groups in total. The highest BCUT2D eigenvalue weighted by Gasteiger charge is 2.14. The number of hydrogen-bond acceptors (Lipinski definition) is 2. The summed E-state index contributed by atoms with van der Waals surface area (Å²) < 4.78 is 1.99. The Morgan fingerprint density at radius 2 is 1.84 bits per heavy atom. The van der Waals surface area contributed by atoms with Gasteiger partial charge in [0.05, 0.1) is 18.8 Å². The van der Waals surface area contributed by atoms with Crippen LogP contribution >= 0.6 is 11.6 Å². The molecular weight excluding hydrogens is 260 g/mol. The maximum Gasteiger partial charge on any atom is 0.0718 e. The van der Waals surface area contributed by atoms with Gasteiger partial charge in [-0.3, -0.25) is 4.68 Å². The molecule has 19 heavy (non-hydrogen) atoms. The van der Waals surface area contributed by atoms with Crippen LogP contribution in [0.25, 0.3) is 0 Å². The number of aliphatic hydroxyl groups is 1. The van der Waals surface area contributed by atoms with Crippen molar-refractivity contribution in [2.24, 2.45) is 0 Å². The zero-order chi connectivity index (χ0) is 13.8. The first kappa shape index (κ1) is 14.1. The van der Waals surface area contributed by atoms with E-state index < -0.39 is 0 Å². The van der Waals surface area contributed by atoms with E-state index in [1.807, 2.05) is 28.9 Å². The van der Waals surface area contributed by atoms with Gasteiger partial charge < -0.3 is 5.11 Å². The minimum Gasteiger partial charge on any atom is -0.392 e. The number of aryl methyl sites for hydroxylation is 1. The van der Waals surface area contributed by atoms with Gasteiger partial charge >= 0.3 is 0 Å². The first-order valence-corrected chi connectivity index (χ1v) is 7.00. The van der Waals surface area contributed by atoms with Crippen LogP contribution in [0.5, 0.6) is 0 Å². The number of benzene rings is 1. The molecule has 4 heteroatoms. The van der Waals surface area contributed by atoms with Crippen molar-refractivity contribution in [1.29, 1.82) is 0 Å². The van der Waals surface area contributed by atoms with E-state index in [0.717, 1.165) is 40.4 Å². The zero-order valence-electron chi connectivity index (χ0n) is 11.4. The average Bonchev–Trinajstić information content (AvgIpc) is 2.78. The number of aromatic nitrogens is 2. The smallest absolute Gasteiger partial charge is 0.0718 e. The van der Waals surface area contributed by atoms with Crippen LogP contribution in [0.1, 0.15) is 36.4 Å². The van der Waals surface area contributed by atoms with Crippen molar-refractivity contribution < 1.29 is 5.11 Å². The second-order valence-electron chi connectivity index (χ2n) is 4.52. The Labute approximate surface area is 118 Å². The maximum atomic E-state index is 9.51. The molecule has 0 radical (unpaired) electrons. The Kier molecular flexibility index (Phi) is 4.61. The molecule has 0 amide bonds. The van der Waals surface area contributed by atoms with Crippen molar-refractivity contribution >= 4 is 11.6 Å². The van der Waals surface area contributed by atoms with Crippen LogP contribution < -0.4 is 0 Å². The summed E-state index contributed by atoms with van der Waals surface area (Å²) in [4.78, 5) is 0. The van der Waals surface area contributed by atoms with E-state index in [2.05, 4.69) is 18.9 Å². The van der Waals surface area contributed by atoms with Crippen LogP contribution in [-0.2, 0) is 26.0 Å². The molecule has 0 aliphatic carbocycles. The molecule has 1 aromatic heterocycles. The third-order valence-electron chi connectivity index (χ3n) is 3.32. The molecule has 1 heterocycles. The molecule has 0 atom stereocenters. The largest absolute Gasteiger partial charge is 0.392 e. The standard InChI is InChI=1S/C15H19ClN2O/c1-3-14-13(10-19)15(4-2)18(17-14)9-11-5-7-12(16)8-6-11/h5-8,19H,3-4,9-10H2,1-2H3. The van der Waals surface area contributed by atoms with Crippen molar-refractivity contribution in [3.63, 3.8) is 0 Å². The molecule has 0 unspecified atom stereocenters. The number of nitrogens with zero attached hydrogens (tertiary/aromatic N) is 2. The van der Waals surface area contributed by atoms with Gasteiger partial charge in [-0.15, -0.1) is 0 Å². The molecule has 0 aliphatic heterocycles. The minimum atomic E-state index is 0.0625. The van der Waals surface area contributed by atoms with Crippen molar-refractivity contribution in [3.8, 4) is 0 Å². The molecule has 0 spiro atoms. The van der Waals surface area contributed by atoms with Crippen LogP contribution in [0.3, 0.4) is 0 Å². The van der Waals surface area contributed by atoms with Crippen molar-refractivity contribution in [3.05, 3.63) is 51.8 Å². The second kappa shape index (κ2) is 6.22. The van der Waals surface area contributed by atoms with Gasteiger partial charge in [-0.1, -0.05) is 37.6 Å². The van der Waals surface area contributed by atoms with Crippen LogP contribution in [0.2, 0.25) is 5.02 Å². The number of hydrogen-bond donors (Lipinski definition) is 1. The summed E-state index contributed by atoms with van der Waals surface area (Å²) in [6.07, 6.45) is 1.72. The molecule has 0 aliphatic rings. The normalized spacial score (nSPS) is 10.9. The summed E-state index contributed by atoms with van der Waals surface area (Å²) >= 11 is 5.89. The Hall–Kier alpha value is -1.32. The summed E-state index contributed by atoms with van der Waals surface area (Å²) in [5.41, 5.74) is 4.26. The first-order valence-electron chi connectivity index (χ1n) is 6.62. The van der Waals surface area contributed by atoms with E-state index in [1.54, 1.807) is 0 Å². The number of halogens is 1. The highest BCUT2D eigenvalue weighted by molar-refractivity contribution is 6.30. The fraction of sp³-hybridized carbons (Fsp3) is 0.400. The Morgan fingerprint density at radius 3 is 2.37 bits per heavy atom. The van der Waals surface area contributed by atoms with E-state index in [-0.39, 0.29) is 6.61 Å². The molecule has 0 bridgehead atoms. The summed E-state index contributed by atoms with van der Waals surface area (Å²) in [7, 11) is 0. The van der Waals surface area contributed by atoms with Crippen molar-refractivity contribution in [2.75, 3.05) is 0 Å². The third-order valence-corrected chi connectivity index (χ3v) is 3.58. The Balaban J connectivity index is 2.34. The van der Waals surface area contributed by atoms with Crippen molar-refractivity contribution in [2.45, 2.75) is 39.8 Å². The molecule has 3 nitrogen and oxygen atoms in total. The van der Waals surface area contributed by atoms with Gasteiger partial charge in [0, 0.05) is 16.3 Å². The molecule has 0 saturated carbocycles. The van der Waals surface area contributed by atoms with Gasteiger partial charge in [0.1, 0.15) is 0 Å². The summed E-state index contributed by atoms with van der Waals surface area (Å²) in [5, 5.41) is 14.9. The van der Waals surface area contributed by atoms with Gasteiger partial charge in [-0.2, -0.15) is 5.10 Å². The van der Waals surface area contributed by atoms with Crippen LogP contribution in [0.15, 0.2) is 24.3 Å². The van der Waals surface area contributed by atoms with Crippen LogP contribution in [0, 0.1) is 0 Å². The van der Waals surface area contributed by atoms with Crippen LogP contribution in [-0.4, -0.2) is 14.9 Å². The van der Waals surface area contributed by atoms with Gasteiger partial charge in [-0.25, -0.2) is 0 Å². The molecule has 0 fully saturated rings. The van der Waals surface area contributed by atoms with Gasteiger partial charge in [-0.05, 0) is 30.5 Å². The number of aliphatic hydroxyl groups excluding tert-OH is 1. The van der Waals surface area contributed by atoms with E-state index in [4.69, 9.17) is 11.6 Å². The van der Waals surface area contributed by atoms with E-state index in [0.29, 0.717) is 6.54 Å². The van der Waals surface area contributed by atoms with Crippen molar-refractivity contribution in [1.82, 2.24) is 9.78 Å². The van der Waals surface area contributed by atoms with Gasteiger partial charge in [0.15, 0.2) is 0 Å². The summed E-state index contributed by atoms with van der Waals surface area (Å²) in [6, 6.07) is 7.79. The molecule has 1 aromatic carbocycles. The predicted octanol–water partition coefficient (Wildman–Crippen LogP) is 3.20. The van der Waals surface area contributed by atoms with Gasteiger partial charge in [0.2, 0.25) is 0 Å². The molecule has 0 saturated heterocycles. The zero-order valence-corrected chi connectivity index (χ0v) is 12.1. The number of rotatable bonds is 5. The first-order chi connectivity index (χ1) is 9.19. The Morgan fingerprint density at radius 1 is 1.16 bits per heavy atom. The topological polar surface area (TPSA) is 38.0 Å². The van der Waals surface area contributed by atoms with E-state index in [9.17, 15) is 5.11 Å². The SMILES string of the molecule is CCc1nn(Cc2ccc(Cl)cc2)c(CC)c1CO. The molecule has 2 rings (SSSR count). The molecule has 2 aromatic rings. The van der Waals surface area contributed by atoms with E-state index >= 15 is 0 Å². The highest BCUT2D eigenvalue weighted by atomic mass is 35.5. The maximum absolute atomic E-state index is 9.51. The third kappa shape index (κ3) is 2.99. The lowest BCUT2D eigenvalue weighted by Gasteiger charge is -2.07. The van der Waals surface area contributed by atoms with Crippen LogP contribution in [0.4, 0.5) is 0 Å². The van der Waals surface area contributed by atoms with Gasteiger partial charge in [0.25, 0.3) is 0 Å². The fourth-order valence-electron chi connectivity index (χ4n) is 2.34. The lowest BCUT2D eigenvalue weighted by Crippen LogP contribution is -2.06. The lowest BCUT2D eigenvalue weighted by atomic mass is 10.1. The lowest BCUT2D eigenvalue weighted by molar-refractivity contribution is 0.279. The minimum absolute atomic E-state index is 0.0625. The summed E-state index contributed by atoms with van der Waals surface area (Å²) in [6.45, 7) is 4.93. The Bertz CT molecular complexity index is 546. The fourth-order valence-corrected chi connectivity index (χ4v) is 2.47. The highest BCUT2D eigenvalue weighted by Crippen LogP contribution is 2.18. The van der Waals surface area contributed by atoms with E-state index in [1.165, 1.54) is 0 Å².